The summed E-state index contributed by atoms with van der Waals surface area (Å²) in [4.78, 5) is 16.5. The molecule has 1 aromatic heterocycles. The molecule has 0 N–H and O–H groups in total. The molecule has 1 aromatic carbocycles. The maximum atomic E-state index is 12.0. The van der Waals surface area contributed by atoms with Crippen molar-refractivity contribution < 1.29 is 0 Å². The fourth-order valence-electron chi connectivity index (χ4n) is 2.03. The van der Waals surface area contributed by atoms with Gasteiger partial charge in [-0.3, -0.25) is 4.79 Å². The lowest BCUT2D eigenvalue weighted by atomic mass is 10.0. The number of fused-ring (bicyclic) bond motifs is 1. The molecule has 2 rings (SSSR count). The SMILES string of the molecule is Bn1c(C)nc2cc(CC(C)C)ccc2c1=O. The van der Waals surface area contributed by atoms with Crippen LogP contribution in [0, 0.1) is 12.8 Å². The number of nitrogens with zero attached hydrogens (tertiary/aromatic N) is 2. The predicted octanol–water partition coefficient (Wildman–Crippen LogP) is 1.30. The summed E-state index contributed by atoms with van der Waals surface area (Å²) in [5.41, 5.74) is 2.08. The lowest BCUT2D eigenvalue weighted by Gasteiger charge is -2.08. The van der Waals surface area contributed by atoms with E-state index >= 15 is 0 Å². The van der Waals surface area contributed by atoms with Crippen LogP contribution >= 0.6 is 0 Å². The van der Waals surface area contributed by atoms with Gasteiger partial charge >= 0.3 is 0 Å². The molecule has 17 heavy (non-hydrogen) atoms. The van der Waals surface area contributed by atoms with Crippen LogP contribution in [0.2, 0.25) is 0 Å². The summed E-state index contributed by atoms with van der Waals surface area (Å²) in [5.74, 6) is 1.37. The average molecular weight is 228 g/mol. The average Bonchev–Trinajstić information content (AvgIpc) is 2.25. The predicted molar refractivity (Wildman–Crippen MR) is 73.2 cm³/mol. The van der Waals surface area contributed by atoms with Gasteiger partial charge in [-0.25, -0.2) is 4.98 Å². The molecule has 3 nitrogen and oxygen atoms in total. The van der Waals surface area contributed by atoms with Gasteiger partial charge in [0.1, 0.15) is 0 Å². The van der Waals surface area contributed by atoms with Crippen LogP contribution in [0.5, 0.6) is 0 Å². The first-order chi connectivity index (χ1) is 7.99. The molecule has 0 atom stereocenters. The summed E-state index contributed by atoms with van der Waals surface area (Å²) in [6.07, 6.45) is 1.02. The second-order valence-corrected chi connectivity index (χ2v) is 4.97. The van der Waals surface area contributed by atoms with E-state index in [-0.39, 0.29) is 5.56 Å². The topological polar surface area (TPSA) is 34.9 Å². The highest BCUT2D eigenvalue weighted by Crippen LogP contribution is 2.14. The van der Waals surface area contributed by atoms with Gasteiger partial charge in [-0.1, -0.05) is 19.9 Å². The molecular weight excluding hydrogens is 211 g/mol. The van der Waals surface area contributed by atoms with Crippen molar-refractivity contribution in [1.29, 1.82) is 0 Å². The van der Waals surface area contributed by atoms with Crippen LogP contribution in [0.4, 0.5) is 0 Å². The fraction of sp³-hybridized carbons (Fsp3) is 0.385. The number of hydrogen-bond acceptors (Lipinski definition) is 2. The highest BCUT2D eigenvalue weighted by atomic mass is 16.1. The molecule has 0 radical (unpaired) electrons. The molecule has 88 valence electrons. The van der Waals surface area contributed by atoms with Gasteiger partial charge in [-0.2, -0.15) is 0 Å². The van der Waals surface area contributed by atoms with Crippen molar-refractivity contribution >= 4 is 18.9 Å². The Hall–Kier alpha value is -1.58. The van der Waals surface area contributed by atoms with Crippen LogP contribution in [0.15, 0.2) is 23.0 Å². The van der Waals surface area contributed by atoms with E-state index in [1.807, 2.05) is 25.1 Å². The van der Waals surface area contributed by atoms with E-state index < -0.39 is 0 Å². The summed E-state index contributed by atoms with van der Waals surface area (Å²) in [6, 6.07) is 5.95. The maximum Gasteiger partial charge on any atom is 0.248 e. The first-order valence-electron chi connectivity index (χ1n) is 5.95. The lowest BCUT2D eigenvalue weighted by molar-refractivity contribution is 0.647. The summed E-state index contributed by atoms with van der Waals surface area (Å²) >= 11 is 0. The van der Waals surface area contributed by atoms with Gasteiger partial charge in [0.05, 0.1) is 16.7 Å². The Morgan fingerprint density at radius 1 is 1.41 bits per heavy atom. The minimum Gasteiger partial charge on any atom is -0.350 e. The van der Waals surface area contributed by atoms with Crippen molar-refractivity contribution in [3.63, 3.8) is 0 Å². The van der Waals surface area contributed by atoms with E-state index in [2.05, 4.69) is 18.8 Å². The summed E-state index contributed by atoms with van der Waals surface area (Å²) in [6.45, 7) is 6.23. The third kappa shape index (κ3) is 2.26. The van der Waals surface area contributed by atoms with Gasteiger partial charge in [0.2, 0.25) is 13.5 Å². The van der Waals surface area contributed by atoms with E-state index in [9.17, 15) is 4.79 Å². The van der Waals surface area contributed by atoms with E-state index in [0.717, 1.165) is 17.8 Å². The molecule has 0 fully saturated rings. The molecule has 0 bridgehead atoms. The Labute approximate surface area is 102 Å². The number of rotatable bonds is 2. The molecule has 1 heterocycles. The largest absolute Gasteiger partial charge is 0.350 e. The maximum absolute atomic E-state index is 12.0. The minimum absolute atomic E-state index is 0.0311. The highest BCUT2D eigenvalue weighted by Gasteiger charge is 2.06. The van der Waals surface area contributed by atoms with E-state index in [1.165, 1.54) is 5.56 Å². The van der Waals surface area contributed by atoms with Crippen molar-refractivity contribution in [1.82, 2.24) is 9.46 Å². The molecule has 0 aliphatic heterocycles. The first-order valence-corrected chi connectivity index (χ1v) is 5.95. The molecule has 0 saturated heterocycles. The summed E-state index contributed by atoms with van der Waals surface area (Å²) in [7, 11) is 1.76. The molecule has 0 spiro atoms. The van der Waals surface area contributed by atoms with Crippen LogP contribution in [0.3, 0.4) is 0 Å². The second-order valence-electron chi connectivity index (χ2n) is 4.97. The normalized spacial score (nSPS) is 11.3. The fourth-order valence-corrected chi connectivity index (χ4v) is 2.03. The molecule has 0 aliphatic rings. The van der Waals surface area contributed by atoms with Crippen molar-refractivity contribution in [2.24, 2.45) is 5.92 Å². The van der Waals surface area contributed by atoms with Crippen molar-refractivity contribution in [2.75, 3.05) is 0 Å². The standard InChI is InChI=1S/C13H17BN2O/c1-8(2)6-10-4-5-11-12(7-10)15-9(3)16(14)13(11)17/h4-5,7-8H,6,14H2,1-3H3. The Bertz CT molecular complexity index is 617. The van der Waals surface area contributed by atoms with Crippen molar-refractivity contribution in [3.8, 4) is 0 Å². The zero-order chi connectivity index (χ0) is 12.6. The zero-order valence-corrected chi connectivity index (χ0v) is 10.8. The summed E-state index contributed by atoms with van der Waals surface area (Å²) in [5, 5.41) is 0.700. The molecule has 2 aromatic rings. The van der Waals surface area contributed by atoms with Gasteiger partial charge < -0.3 is 4.48 Å². The number of aromatic nitrogens is 2. The molecular formula is C13H17BN2O. The minimum atomic E-state index is 0.0311. The quantitative estimate of drug-likeness (QED) is 0.726. The Kier molecular flexibility index (Phi) is 3.05. The van der Waals surface area contributed by atoms with Gasteiger partial charge in [0.25, 0.3) is 0 Å². The third-order valence-corrected chi connectivity index (χ3v) is 3.01. The smallest absolute Gasteiger partial charge is 0.248 e. The van der Waals surface area contributed by atoms with Crippen molar-refractivity contribution in [3.05, 3.63) is 39.9 Å². The van der Waals surface area contributed by atoms with Crippen LogP contribution in [-0.4, -0.2) is 17.4 Å². The van der Waals surface area contributed by atoms with Crippen LogP contribution < -0.4 is 5.56 Å². The van der Waals surface area contributed by atoms with E-state index in [0.29, 0.717) is 11.3 Å². The van der Waals surface area contributed by atoms with E-state index in [4.69, 9.17) is 0 Å². The van der Waals surface area contributed by atoms with Crippen LogP contribution in [0.25, 0.3) is 10.9 Å². The highest BCUT2D eigenvalue weighted by molar-refractivity contribution is 6.07. The lowest BCUT2D eigenvalue weighted by Crippen LogP contribution is -2.22. The first kappa shape index (κ1) is 11.9. The summed E-state index contributed by atoms with van der Waals surface area (Å²) < 4.78 is 1.59. The molecule has 4 heteroatoms. The Morgan fingerprint density at radius 3 is 2.76 bits per heavy atom. The monoisotopic (exact) mass is 228 g/mol. The van der Waals surface area contributed by atoms with Gasteiger partial charge in [-0.15, -0.1) is 0 Å². The second kappa shape index (κ2) is 4.36. The molecule has 0 saturated carbocycles. The number of hydrogen-bond donors (Lipinski definition) is 0. The van der Waals surface area contributed by atoms with Gasteiger partial charge in [0, 0.05) is 0 Å². The van der Waals surface area contributed by atoms with E-state index in [1.54, 1.807) is 12.5 Å². The molecule has 0 amide bonds. The van der Waals surface area contributed by atoms with Gasteiger partial charge in [0.15, 0.2) is 0 Å². The van der Waals surface area contributed by atoms with Gasteiger partial charge in [-0.05, 0) is 37.0 Å². The zero-order valence-electron chi connectivity index (χ0n) is 10.8. The Morgan fingerprint density at radius 2 is 2.12 bits per heavy atom. The Balaban J connectivity index is 2.63. The van der Waals surface area contributed by atoms with Crippen LogP contribution in [0.1, 0.15) is 25.2 Å². The number of benzene rings is 1. The third-order valence-electron chi connectivity index (χ3n) is 3.01. The number of aryl methyl sites for hydroxylation is 1. The molecule has 0 aliphatic carbocycles. The molecule has 0 unspecified atom stereocenters. The van der Waals surface area contributed by atoms with Crippen LogP contribution in [-0.2, 0) is 6.42 Å². The van der Waals surface area contributed by atoms with Crippen molar-refractivity contribution in [2.45, 2.75) is 27.2 Å².